The van der Waals surface area contributed by atoms with E-state index in [2.05, 4.69) is 21.8 Å². The maximum Gasteiger partial charge on any atom is 0.254 e. The number of rotatable bonds is 4. The van der Waals surface area contributed by atoms with Gasteiger partial charge < -0.3 is 14.5 Å². The maximum absolute atomic E-state index is 12.9. The zero-order valence-corrected chi connectivity index (χ0v) is 17.6. The summed E-state index contributed by atoms with van der Waals surface area (Å²) in [5.74, 6) is 2.18. The molecule has 30 heavy (non-hydrogen) atoms. The number of carbonyl (C=O) groups excluding carboxylic acids is 1. The standard InChI is InChI=1S/C24H26N4O2/c1-17-8-10-20(11-9-17)24(29)28-13-12-27(15-19(28)3)22-14-23(26-16-25-22)30-21-7-5-4-6-18(21)2/h4-11,14,16,19H,12-13,15H2,1-3H3. The van der Waals surface area contributed by atoms with Crippen LogP contribution >= 0.6 is 0 Å². The van der Waals surface area contributed by atoms with Crippen LogP contribution < -0.4 is 9.64 Å². The normalized spacial score (nSPS) is 16.4. The number of amides is 1. The molecule has 6 heteroatoms. The summed E-state index contributed by atoms with van der Waals surface area (Å²) in [5, 5.41) is 0. The third-order valence-corrected chi connectivity index (χ3v) is 5.45. The Morgan fingerprint density at radius 2 is 1.80 bits per heavy atom. The molecule has 1 unspecified atom stereocenters. The van der Waals surface area contributed by atoms with Gasteiger partial charge in [-0.1, -0.05) is 35.9 Å². The minimum atomic E-state index is 0.0725. The maximum atomic E-state index is 12.9. The molecular formula is C24H26N4O2. The van der Waals surface area contributed by atoms with Crippen molar-refractivity contribution >= 4 is 11.7 Å². The van der Waals surface area contributed by atoms with Gasteiger partial charge in [0, 0.05) is 37.3 Å². The van der Waals surface area contributed by atoms with Crippen molar-refractivity contribution in [3.05, 3.63) is 77.6 Å². The zero-order chi connectivity index (χ0) is 21.1. The molecule has 1 fully saturated rings. The Kier molecular flexibility index (Phi) is 5.65. The van der Waals surface area contributed by atoms with E-state index >= 15 is 0 Å². The largest absolute Gasteiger partial charge is 0.439 e. The van der Waals surface area contributed by atoms with Crippen molar-refractivity contribution in [1.82, 2.24) is 14.9 Å². The summed E-state index contributed by atoms with van der Waals surface area (Å²) in [7, 11) is 0. The highest BCUT2D eigenvalue weighted by Gasteiger charge is 2.29. The van der Waals surface area contributed by atoms with Crippen molar-refractivity contribution in [3.8, 4) is 11.6 Å². The van der Waals surface area contributed by atoms with Crippen LogP contribution in [0.3, 0.4) is 0 Å². The van der Waals surface area contributed by atoms with Crippen LogP contribution in [0.4, 0.5) is 5.82 Å². The van der Waals surface area contributed by atoms with E-state index in [0.29, 0.717) is 25.5 Å². The van der Waals surface area contributed by atoms with Gasteiger partial charge in [0.05, 0.1) is 0 Å². The minimum Gasteiger partial charge on any atom is -0.439 e. The molecule has 4 rings (SSSR count). The van der Waals surface area contributed by atoms with Crippen LogP contribution in [-0.4, -0.2) is 46.5 Å². The van der Waals surface area contributed by atoms with Gasteiger partial charge in [-0.25, -0.2) is 9.97 Å². The Hall–Kier alpha value is -3.41. The van der Waals surface area contributed by atoms with E-state index in [1.54, 1.807) is 0 Å². The number of hydrogen-bond donors (Lipinski definition) is 0. The third kappa shape index (κ3) is 4.27. The molecule has 1 atom stereocenters. The topological polar surface area (TPSA) is 58.6 Å². The first kappa shape index (κ1) is 19.9. The first-order chi connectivity index (χ1) is 14.5. The molecule has 154 valence electrons. The van der Waals surface area contributed by atoms with Gasteiger partial charge in [0.25, 0.3) is 5.91 Å². The predicted octanol–water partition coefficient (Wildman–Crippen LogP) is 4.24. The molecule has 3 aromatic rings. The summed E-state index contributed by atoms with van der Waals surface area (Å²) in [4.78, 5) is 25.7. The van der Waals surface area contributed by atoms with Crippen molar-refractivity contribution in [2.24, 2.45) is 0 Å². The van der Waals surface area contributed by atoms with E-state index in [1.165, 1.54) is 6.33 Å². The monoisotopic (exact) mass is 402 g/mol. The van der Waals surface area contributed by atoms with Crippen molar-refractivity contribution in [3.63, 3.8) is 0 Å². The van der Waals surface area contributed by atoms with E-state index in [1.807, 2.05) is 73.3 Å². The fraction of sp³-hybridized carbons (Fsp3) is 0.292. The summed E-state index contributed by atoms with van der Waals surface area (Å²) in [6, 6.07) is 17.5. The highest BCUT2D eigenvalue weighted by atomic mass is 16.5. The van der Waals surface area contributed by atoms with Gasteiger partial charge >= 0.3 is 0 Å². The fourth-order valence-electron chi connectivity index (χ4n) is 3.67. The lowest BCUT2D eigenvalue weighted by molar-refractivity contribution is 0.0673. The number of carbonyl (C=O) groups is 1. The molecule has 0 saturated carbocycles. The number of para-hydroxylation sites is 1. The average molecular weight is 402 g/mol. The van der Waals surface area contributed by atoms with Crippen molar-refractivity contribution < 1.29 is 9.53 Å². The quantitative estimate of drug-likeness (QED) is 0.653. The van der Waals surface area contributed by atoms with E-state index < -0.39 is 0 Å². The summed E-state index contributed by atoms with van der Waals surface area (Å²) in [5.41, 5.74) is 2.93. The summed E-state index contributed by atoms with van der Waals surface area (Å²) in [6.07, 6.45) is 1.53. The molecule has 0 spiro atoms. The van der Waals surface area contributed by atoms with Gasteiger partial charge in [-0.2, -0.15) is 0 Å². The first-order valence-corrected chi connectivity index (χ1v) is 10.2. The number of hydrogen-bond acceptors (Lipinski definition) is 5. The molecule has 1 aromatic heterocycles. The van der Waals surface area contributed by atoms with Gasteiger partial charge in [-0.05, 0) is 44.5 Å². The molecule has 1 saturated heterocycles. The molecule has 0 bridgehead atoms. The molecule has 0 radical (unpaired) electrons. The van der Waals surface area contributed by atoms with Gasteiger partial charge in [0.2, 0.25) is 5.88 Å². The smallest absolute Gasteiger partial charge is 0.254 e. The van der Waals surface area contributed by atoms with Gasteiger partial charge in [0.15, 0.2) is 0 Å². The van der Waals surface area contributed by atoms with Crippen LogP contribution in [0.5, 0.6) is 11.6 Å². The van der Waals surface area contributed by atoms with E-state index in [0.717, 1.165) is 28.3 Å². The number of piperazine rings is 1. The van der Waals surface area contributed by atoms with Crippen molar-refractivity contribution in [2.75, 3.05) is 24.5 Å². The van der Waals surface area contributed by atoms with Gasteiger partial charge in [0.1, 0.15) is 17.9 Å². The zero-order valence-electron chi connectivity index (χ0n) is 17.6. The average Bonchev–Trinajstić information content (AvgIpc) is 2.75. The molecule has 2 aromatic carbocycles. The Labute approximate surface area is 177 Å². The van der Waals surface area contributed by atoms with Crippen molar-refractivity contribution in [2.45, 2.75) is 26.8 Å². The molecule has 6 nitrogen and oxygen atoms in total. The van der Waals surface area contributed by atoms with Crippen LogP contribution in [0.2, 0.25) is 0 Å². The van der Waals surface area contributed by atoms with Crippen LogP contribution in [0.15, 0.2) is 60.9 Å². The summed E-state index contributed by atoms with van der Waals surface area (Å²) in [6.45, 7) is 8.16. The molecule has 1 aliphatic heterocycles. The Balaban J connectivity index is 1.45. The minimum absolute atomic E-state index is 0.0725. The molecule has 0 N–H and O–H groups in total. The lowest BCUT2D eigenvalue weighted by Gasteiger charge is -2.40. The highest BCUT2D eigenvalue weighted by Crippen LogP contribution is 2.26. The van der Waals surface area contributed by atoms with Crippen LogP contribution in [0.25, 0.3) is 0 Å². The molecule has 1 amide bonds. The lowest BCUT2D eigenvalue weighted by atomic mass is 10.1. The van der Waals surface area contributed by atoms with Gasteiger partial charge in [-0.3, -0.25) is 4.79 Å². The number of ether oxygens (including phenoxy) is 1. The molecule has 1 aliphatic rings. The highest BCUT2D eigenvalue weighted by molar-refractivity contribution is 5.94. The van der Waals surface area contributed by atoms with Crippen LogP contribution in [0.1, 0.15) is 28.4 Å². The second kappa shape index (κ2) is 8.53. The first-order valence-electron chi connectivity index (χ1n) is 10.2. The lowest BCUT2D eigenvalue weighted by Crippen LogP contribution is -2.54. The second-order valence-electron chi connectivity index (χ2n) is 7.74. The fourth-order valence-corrected chi connectivity index (χ4v) is 3.67. The Morgan fingerprint density at radius 3 is 2.53 bits per heavy atom. The van der Waals surface area contributed by atoms with Crippen LogP contribution in [0, 0.1) is 13.8 Å². The summed E-state index contributed by atoms with van der Waals surface area (Å²) >= 11 is 0. The number of anilines is 1. The predicted molar refractivity (Wildman–Crippen MR) is 117 cm³/mol. The summed E-state index contributed by atoms with van der Waals surface area (Å²) < 4.78 is 5.95. The van der Waals surface area contributed by atoms with Gasteiger partial charge in [-0.15, -0.1) is 0 Å². The SMILES string of the molecule is Cc1ccc(C(=O)N2CCN(c3cc(Oc4ccccc4C)ncn3)CC2C)cc1. The van der Waals surface area contributed by atoms with Crippen LogP contribution in [-0.2, 0) is 0 Å². The Morgan fingerprint density at radius 1 is 1.03 bits per heavy atom. The second-order valence-corrected chi connectivity index (χ2v) is 7.74. The number of benzene rings is 2. The van der Waals surface area contributed by atoms with Crippen molar-refractivity contribution in [1.29, 1.82) is 0 Å². The number of nitrogens with zero attached hydrogens (tertiary/aromatic N) is 4. The molecule has 2 heterocycles. The number of aryl methyl sites for hydroxylation is 2. The third-order valence-electron chi connectivity index (χ3n) is 5.45. The molecular weight excluding hydrogens is 376 g/mol. The molecule has 0 aliphatic carbocycles. The Bertz CT molecular complexity index is 1040. The van der Waals surface area contributed by atoms with E-state index in [9.17, 15) is 4.79 Å². The van der Waals surface area contributed by atoms with E-state index in [4.69, 9.17) is 4.74 Å². The van der Waals surface area contributed by atoms with E-state index in [-0.39, 0.29) is 11.9 Å². The number of aromatic nitrogens is 2.